The first-order valence-corrected chi connectivity index (χ1v) is 8.91. The predicted molar refractivity (Wildman–Crippen MR) is 94.7 cm³/mol. The summed E-state index contributed by atoms with van der Waals surface area (Å²) in [5.74, 6) is 0.179. The average molecular weight is 315 g/mol. The number of benzene rings is 1. The van der Waals surface area contributed by atoms with Crippen molar-refractivity contribution in [3.05, 3.63) is 29.3 Å². The van der Waals surface area contributed by atoms with Gasteiger partial charge in [-0.05, 0) is 43.9 Å². The molecule has 1 amide bonds. The summed E-state index contributed by atoms with van der Waals surface area (Å²) in [5.41, 5.74) is 9.79. The van der Waals surface area contributed by atoms with Crippen molar-refractivity contribution >= 4 is 11.6 Å². The van der Waals surface area contributed by atoms with Crippen LogP contribution in [0.3, 0.4) is 0 Å². The molecule has 3 rings (SSSR count). The van der Waals surface area contributed by atoms with E-state index in [1.165, 1.54) is 23.2 Å². The van der Waals surface area contributed by atoms with Gasteiger partial charge in [0.05, 0.1) is 5.54 Å². The van der Waals surface area contributed by atoms with Gasteiger partial charge in [0.15, 0.2) is 0 Å². The third-order valence-corrected chi connectivity index (χ3v) is 5.66. The van der Waals surface area contributed by atoms with Crippen LogP contribution >= 0.6 is 0 Å². The molecule has 0 atom stereocenters. The highest BCUT2D eigenvalue weighted by atomic mass is 16.2. The molecule has 2 N–H and O–H groups in total. The fourth-order valence-corrected chi connectivity index (χ4v) is 3.94. The van der Waals surface area contributed by atoms with Gasteiger partial charge in [-0.2, -0.15) is 0 Å². The number of piperazine rings is 1. The number of anilines is 1. The molecule has 1 aliphatic heterocycles. The van der Waals surface area contributed by atoms with Crippen LogP contribution in [0.2, 0.25) is 0 Å². The molecule has 1 aromatic rings. The predicted octanol–water partition coefficient (Wildman–Crippen LogP) is 2.61. The minimum atomic E-state index is -0.598. The summed E-state index contributed by atoms with van der Waals surface area (Å²) in [6, 6.07) is 6.46. The van der Waals surface area contributed by atoms with Crippen LogP contribution in [0, 0.1) is 13.8 Å². The Morgan fingerprint density at radius 1 is 1.04 bits per heavy atom. The topological polar surface area (TPSA) is 49.6 Å². The number of amides is 1. The van der Waals surface area contributed by atoms with Crippen molar-refractivity contribution in [3.8, 4) is 0 Å². The second kappa shape index (κ2) is 6.52. The van der Waals surface area contributed by atoms with Crippen LogP contribution in [0.1, 0.15) is 43.2 Å². The molecule has 0 aromatic heterocycles. The van der Waals surface area contributed by atoms with Crippen molar-refractivity contribution in [1.82, 2.24) is 4.90 Å². The van der Waals surface area contributed by atoms with Gasteiger partial charge in [0.1, 0.15) is 0 Å². The van der Waals surface area contributed by atoms with Gasteiger partial charge in [-0.3, -0.25) is 4.79 Å². The lowest BCUT2D eigenvalue weighted by molar-refractivity contribution is -0.138. The molecule has 1 saturated carbocycles. The largest absolute Gasteiger partial charge is 0.368 e. The number of hydrogen-bond donors (Lipinski definition) is 1. The molecule has 0 spiro atoms. The Morgan fingerprint density at radius 3 is 2.35 bits per heavy atom. The number of carbonyl (C=O) groups is 1. The fraction of sp³-hybridized carbons (Fsp3) is 0.632. The summed E-state index contributed by atoms with van der Waals surface area (Å²) in [7, 11) is 0. The van der Waals surface area contributed by atoms with Crippen LogP contribution in [0.15, 0.2) is 18.2 Å². The van der Waals surface area contributed by atoms with Crippen molar-refractivity contribution in [2.24, 2.45) is 5.73 Å². The van der Waals surface area contributed by atoms with Crippen LogP contribution in [-0.2, 0) is 4.79 Å². The summed E-state index contributed by atoms with van der Waals surface area (Å²) < 4.78 is 0. The lowest BCUT2D eigenvalue weighted by Gasteiger charge is -2.42. The van der Waals surface area contributed by atoms with Crippen LogP contribution < -0.4 is 10.6 Å². The van der Waals surface area contributed by atoms with Gasteiger partial charge in [0.2, 0.25) is 5.91 Å². The standard InChI is InChI=1S/C19H29N3O/c1-15-7-6-8-17(16(15)2)21-11-13-22(14-12-21)18(23)19(20)9-4-3-5-10-19/h6-8H,3-5,9-14,20H2,1-2H3. The Labute approximate surface area is 139 Å². The van der Waals surface area contributed by atoms with E-state index in [-0.39, 0.29) is 5.91 Å². The van der Waals surface area contributed by atoms with E-state index in [1.54, 1.807) is 0 Å². The lowest BCUT2D eigenvalue weighted by Crippen LogP contribution is -2.60. The zero-order chi connectivity index (χ0) is 16.4. The molecule has 2 aliphatic rings. The molecule has 1 saturated heterocycles. The average Bonchev–Trinajstić information content (AvgIpc) is 2.58. The molecule has 4 nitrogen and oxygen atoms in total. The second-order valence-corrected chi connectivity index (χ2v) is 7.22. The fourth-order valence-electron chi connectivity index (χ4n) is 3.94. The Hall–Kier alpha value is -1.55. The van der Waals surface area contributed by atoms with Gasteiger partial charge < -0.3 is 15.5 Å². The van der Waals surface area contributed by atoms with Gasteiger partial charge in [0.25, 0.3) is 0 Å². The smallest absolute Gasteiger partial charge is 0.242 e. The van der Waals surface area contributed by atoms with Gasteiger partial charge in [-0.1, -0.05) is 31.4 Å². The summed E-state index contributed by atoms with van der Waals surface area (Å²) in [5, 5.41) is 0. The highest BCUT2D eigenvalue weighted by Crippen LogP contribution is 2.29. The highest BCUT2D eigenvalue weighted by molar-refractivity contribution is 5.86. The van der Waals surface area contributed by atoms with E-state index < -0.39 is 5.54 Å². The van der Waals surface area contributed by atoms with E-state index in [9.17, 15) is 4.79 Å². The Morgan fingerprint density at radius 2 is 1.70 bits per heavy atom. The number of nitrogens with zero attached hydrogens (tertiary/aromatic N) is 2. The van der Waals surface area contributed by atoms with E-state index in [4.69, 9.17) is 5.73 Å². The number of aryl methyl sites for hydroxylation is 1. The molecular formula is C19H29N3O. The molecule has 1 aromatic carbocycles. The maximum Gasteiger partial charge on any atom is 0.242 e. The molecule has 1 heterocycles. The van der Waals surface area contributed by atoms with Crippen molar-refractivity contribution < 1.29 is 4.79 Å². The molecule has 126 valence electrons. The van der Waals surface area contributed by atoms with Crippen molar-refractivity contribution in [3.63, 3.8) is 0 Å². The molecule has 0 unspecified atom stereocenters. The third-order valence-electron chi connectivity index (χ3n) is 5.66. The molecule has 4 heteroatoms. The molecule has 23 heavy (non-hydrogen) atoms. The minimum Gasteiger partial charge on any atom is -0.368 e. The molecule has 0 bridgehead atoms. The minimum absolute atomic E-state index is 0.179. The van der Waals surface area contributed by atoms with Gasteiger partial charge >= 0.3 is 0 Å². The Kier molecular flexibility index (Phi) is 4.62. The molecule has 0 radical (unpaired) electrons. The van der Waals surface area contributed by atoms with Crippen LogP contribution in [-0.4, -0.2) is 42.5 Å². The first-order valence-electron chi connectivity index (χ1n) is 8.91. The van der Waals surface area contributed by atoms with Gasteiger partial charge in [-0.15, -0.1) is 0 Å². The van der Waals surface area contributed by atoms with Crippen molar-refractivity contribution in [1.29, 1.82) is 0 Å². The lowest BCUT2D eigenvalue weighted by atomic mass is 9.81. The normalized spacial score (nSPS) is 21.3. The van der Waals surface area contributed by atoms with Crippen LogP contribution in [0.5, 0.6) is 0 Å². The Balaban J connectivity index is 1.64. The number of nitrogens with two attached hydrogens (primary N) is 1. The first-order chi connectivity index (χ1) is 11.0. The van der Waals surface area contributed by atoms with E-state index in [0.29, 0.717) is 0 Å². The van der Waals surface area contributed by atoms with Gasteiger partial charge in [-0.25, -0.2) is 0 Å². The van der Waals surface area contributed by atoms with Crippen molar-refractivity contribution in [2.45, 2.75) is 51.5 Å². The first kappa shape index (κ1) is 16.3. The summed E-state index contributed by atoms with van der Waals surface area (Å²) in [6.07, 6.45) is 5.09. The maximum absolute atomic E-state index is 12.8. The summed E-state index contributed by atoms with van der Waals surface area (Å²) >= 11 is 0. The monoisotopic (exact) mass is 315 g/mol. The Bertz CT molecular complexity index is 570. The van der Waals surface area contributed by atoms with E-state index >= 15 is 0 Å². The van der Waals surface area contributed by atoms with E-state index in [2.05, 4.69) is 36.9 Å². The summed E-state index contributed by atoms with van der Waals surface area (Å²) in [4.78, 5) is 17.2. The van der Waals surface area contributed by atoms with Gasteiger partial charge in [0, 0.05) is 31.9 Å². The van der Waals surface area contributed by atoms with E-state index in [1.807, 2.05) is 4.90 Å². The second-order valence-electron chi connectivity index (χ2n) is 7.22. The zero-order valence-corrected chi connectivity index (χ0v) is 14.5. The zero-order valence-electron chi connectivity index (χ0n) is 14.5. The number of carbonyl (C=O) groups excluding carboxylic acids is 1. The number of rotatable bonds is 2. The van der Waals surface area contributed by atoms with Crippen LogP contribution in [0.25, 0.3) is 0 Å². The summed E-state index contributed by atoms with van der Waals surface area (Å²) in [6.45, 7) is 7.69. The quantitative estimate of drug-likeness (QED) is 0.912. The maximum atomic E-state index is 12.8. The van der Waals surface area contributed by atoms with E-state index in [0.717, 1.165) is 51.9 Å². The molecular weight excluding hydrogens is 286 g/mol. The molecule has 2 fully saturated rings. The van der Waals surface area contributed by atoms with Crippen molar-refractivity contribution in [2.75, 3.05) is 31.1 Å². The SMILES string of the molecule is Cc1cccc(N2CCN(C(=O)C3(N)CCCCC3)CC2)c1C. The number of hydrogen-bond acceptors (Lipinski definition) is 3. The molecule has 1 aliphatic carbocycles. The third kappa shape index (κ3) is 3.23. The highest BCUT2D eigenvalue weighted by Gasteiger charge is 2.39. The van der Waals surface area contributed by atoms with Crippen LogP contribution in [0.4, 0.5) is 5.69 Å².